The Kier molecular flexibility index (Phi) is 6.22. The second kappa shape index (κ2) is 9.20. The van der Waals surface area contributed by atoms with Crippen molar-refractivity contribution in [1.29, 1.82) is 0 Å². The number of hydrogen-bond acceptors (Lipinski definition) is 3. The largest absolute Gasteiger partial charge is 0.488 e. The van der Waals surface area contributed by atoms with E-state index in [-0.39, 0.29) is 12.4 Å². The van der Waals surface area contributed by atoms with Crippen molar-refractivity contribution >= 4 is 27.0 Å². The molecule has 4 rings (SSSR count). The highest BCUT2D eigenvalue weighted by atomic mass is 79.9. The second-order valence-corrected chi connectivity index (χ2v) is 7.68. The van der Waals surface area contributed by atoms with Gasteiger partial charge in [-0.2, -0.15) is 0 Å². The van der Waals surface area contributed by atoms with Crippen LogP contribution in [0.3, 0.4) is 0 Å². The molecule has 2 N–H and O–H groups in total. The van der Waals surface area contributed by atoms with Gasteiger partial charge in [-0.15, -0.1) is 0 Å². The first-order chi connectivity index (χ1) is 14.2. The fourth-order valence-electron chi connectivity index (χ4n) is 3.15. The van der Waals surface area contributed by atoms with Crippen molar-refractivity contribution in [2.24, 2.45) is 0 Å². The summed E-state index contributed by atoms with van der Waals surface area (Å²) in [6.07, 6.45) is 0.800. The molecule has 0 spiro atoms. The number of H-pyrrole nitrogens is 1. The van der Waals surface area contributed by atoms with Gasteiger partial charge in [0.25, 0.3) is 0 Å². The van der Waals surface area contributed by atoms with Gasteiger partial charge in [-0.3, -0.25) is 0 Å². The Balaban J connectivity index is 1.35. The van der Waals surface area contributed by atoms with Crippen LogP contribution in [0.4, 0.5) is 4.39 Å². The molecule has 0 aliphatic carbocycles. The van der Waals surface area contributed by atoms with E-state index in [1.165, 1.54) is 6.07 Å². The lowest BCUT2D eigenvalue weighted by Crippen LogP contribution is -2.18. The van der Waals surface area contributed by atoms with Crippen molar-refractivity contribution in [2.45, 2.75) is 19.6 Å². The van der Waals surface area contributed by atoms with E-state index in [9.17, 15) is 4.39 Å². The van der Waals surface area contributed by atoms with Crippen molar-refractivity contribution in [3.63, 3.8) is 0 Å². The molecule has 148 valence electrons. The molecule has 4 aromatic rings. The number of aromatic nitrogens is 2. The minimum atomic E-state index is -0.255. The summed E-state index contributed by atoms with van der Waals surface area (Å²) in [6, 6.07) is 20.5. The molecule has 1 heterocycles. The van der Waals surface area contributed by atoms with Crippen LogP contribution in [-0.2, 0) is 19.6 Å². The van der Waals surface area contributed by atoms with Crippen molar-refractivity contribution in [3.8, 4) is 5.75 Å². The Morgan fingerprint density at radius 3 is 2.69 bits per heavy atom. The normalized spacial score (nSPS) is 11.1. The smallest absolute Gasteiger partial charge is 0.129 e. The maximum atomic E-state index is 13.8. The van der Waals surface area contributed by atoms with Crippen LogP contribution in [0.25, 0.3) is 11.0 Å². The molecule has 3 aromatic carbocycles. The fourth-order valence-corrected chi connectivity index (χ4v) is 3.56. The Morgan fingerprint density at radius 2 is 1.83 bits per heavy atom. The zero-order chi connectivity index (χ0) is 20.1. The van der Waals surface area contributed by atoms with Gasteiger partial charge in [0.1, 0.15) is 24.0 Å². The Labute approximate surface area is 177 Å². The first kappa shape index (κ1) is 19.6. The molecule has 0 aliphatic heterocycles. The number of fused-ring (bicyclic) bond motifs is 1. The number of nitrogens with one attached hydrogen (secondary N) is 2. The van der Waals surface area contributed by atoms with Gasteiger partial charge in [0, 0.05) is 35.1 Å². The molecule has 1 aromatic heterocycles. The SMILES string of the molecule is Fc1ccccc1COc1ccc(Br)cc1CNCCc1nc2ccccc2[nH]1. The van der Waals surface area contributed by atoms with Crippen LogP contribution in [0.5, 0.6) is 5.75 Å². The molecule has 0 saturated heterocycles. The predicted molar refractivity (Wildman–Crippen MR) is 116 cm³/mol. The van der Waals surface area contributed by atoms with E-state index in [1.807, 2.05) is 48.5 Å². The molecule has 0 unspecified atom stereocenters. The summed E-state index contributed by atoms with van der Waals surface area (Å²) < 4.78 is 20.7. The maximum Gasteiger partial charge on any atom is 0.129 e. The van der Waals surface area contributed by atoms with Crippen LogP contribution < -0.4 is 10.1 Å². The molecule has 0 radical (unpaired) electrons. The molecule has 0 atom stereocenters. The van der Waals surface area contributed by atoms with Gasteiger partial charge in [0.2, 0.25) is 0 Å². The molecule has 4 nitrogen and oxygen atoms in total. The monoisotopic (exact) mass is 453 g/mol. The third kappa shape index (κ3) is 5.02. The van der Waals surface area contributed by atoms with E-state index in [0.29, 0.717) is 12.1 Å². The van der Waals surface area contributed by atoms with E-state index in [0.717, 1.165) is 45.6 Å². The van der Waals surface area contributed by atoms with E-state index in [1.54, 1.807) is 12.1 Å². The van der Waals surface area contributed by atoms with Crippen LogP contribution >= 0.6 is 15.9 Å². The van der Waals surface area contributed by atoms with E-state index in [2.05, 4.69) is 31.2 Å². The first-order valence-corrected chi connectivity index (χ1v) is 10.3. The number of para-hydroxylation sites is 2. The average molecular weight is 454 g/mol. The summed E-state index contributed by atoms with van der Waals surface area (Å²) in [4.78, 5) is 7.94. The van der Waals surface area contributed by atoms with Crippen LogP contribution in [-0.4, -0.2) is 16.5 Å². The highest BCUT2D eigenvalue weighted by Gasteiger charge is 2.08. The molecule has 0 amide bonds. The summed E-state index contributed by atoms with van der Waals surface area (Å²) in [7, 11) is 0. The summed E-state index contributed by atoms with van der Waals surface area (Å²) in [5, 5.41) is 3.44. The summed E-state index contributed by atoms with van der Waals surface area (Å²) in [5.74, 6) is 1.45. The number of halogens is 2. The summed E-state index contributed by atoms with van der Waals surface area (Å²) in [6.45, 7) is 1.62. The number of imidazole rings is 1. The highest BCUT2D eigenvalue weighted by molar-refractivity contribution is 9.10. The van der Waals surface area contributed by atoms with Gasteiger partial charge in [-0.05, 0) is 36.4 Å². The summed E-state index contributed by atoms with van der Waals surface area (Å²) >= 11 is 3.51. The van der Waals surface area contributed by atoms with Gasteiger partial charge in [0.15, 0.2) is 0 Å². The predicted octanol–water partition coefficient (Wildman–Crippen LogP) is 5.38. The lowest BCUT2D eigenvalue weighted by molar-refractivity contribution is 0.296. The second-order valence-electron chi connectivity index (χ2n) is 6.76. The molecular formula is C23H21BrFN3O. The lowest BCUT2D eigenvalue weighted by Gasteiger charge is -2.13. The fraction of sp³-hybridized carbons (Fsp3) is 0.174. The molecular weight excluding hydrogens is 433 g/mol. The molecule has 29 heavy (non-hydrogen) atoms. The van der Waals surface area contributed by atoms with E-state index < -0.39 is 0 Å². The number of rotatable bonds is 8. The van der Waals surface area contributed by atoms with Crippen molar-refractivity contribution < 1.29 is 9.13 Å². The van der Waals surface area contributed by atoms with Crippen LogP contribution in [0.15, 0.2) is 71.2 Å². The molecule has 0 aliphatic rings. The number of ether oxygens (including phenoxy) is 1. The van der Waals surface area contributed by atoms with Gasteiger partial charge in [0.05, 0.1) is 11.0 Å². The third-order valence-corrected chi connectivity index (χ3v) is 5.15. The topological polar surface area (TPSA) is 49.9 Å². The number of benzene rings is 3. The molecule has 6 heteroatoms. The standard InChI is InChI=1S/C23H21BrFN3O/c24-18-9-10-22(29-15-16-5-1-2-6-19(16)25)17(13-18)14-26-12-11-23-27-20-7-3-4-8-21(20)28-23/h1-10,13,26H,11-12,14-15H2,(H,27,28). The molecule has 0 fully saturated rings. The maximum absolute atomic E-state index is 13.8. The zero-order valence-corrected chi connectivity index (χ0v) is 17.4. The number of aromatic amines is 1. The quantitative estimate of drug-likeness (QED) is 0.352. The zero-order valence-electron chi connectivity index (χ0n) is 15.8. The van der Waals surface area contributed by atoms with Crippen LogP contribution in [0.1, 0.15) is 17.0 Å². The van der Waals surface area contributed by atoms with Gasteiger partial charge < -0.3 is 15.0 Å². The van der Waals surface area contributed by atoms with Gasteiger partial charge in [-0.25, -0.2) is 9.37 Å². The highest BCUT2D eigenvalue weighted by Crippen LogP contribution is 2.24. The minimum Gasteiger partial charge on any atom is -0.488 e. The van der Waals surface area contributed by atoms with Gasteiger partial charge in [-0.1, -0.05) is 46.3 Å². The average Bonchev–Trinajstić information content (AvgIpc) is 3.14. The number of nitrogens with zero attached hydrogens (tertiary/aromatic N) is 1. The van der Waals surface area contributed by atoms with Gasteiger partial charge >= 0.3 is 0 Å². The Hall–Kier alpha value is -2.70. The van der Waals surface area contributed by atoms with Crippen molar-refractivity contribution in [3.05, 3.63) is 94.0 Å². The van der Waals surface area contributed by atoms with Crippen molar-refractivity contribution in [1.82, 2.24) is 15.3 Å². The Morgan fingerprint density at radius 1 is 1.00 bits per heavy atom. The minimum absolute atomic E-state index is 0.195. The lowest BCUT2D eigenvalue weighted by atomic mass is 10.2. The van der Waals surface area contributed by atoms with Crippen molar-refractivity contribution in [2.75, 3.05) is 6.54 Å². The third-order valence-electron chi connectivity index (χ3n) is 4.66. The van der Waals surface area contributed by atoms with E-state index in [4.69, 9.17) is 4.74 Å². The summed E-state index contributed by atoms with van der Waals surface area (Å²) in [5.41, 5.74) is 3.59. The number of hydrogen-bond donors (Lipinski definition) is 2. The Bertz CT molecular complexity index is 1080. The van der Waals surface area contributed by atoms with Crippen LogP contribution in [0, 0.1) is 5.82 Å². The molecule has 0 bridgehead atoms. The first-order valence-electron chi connectivity index (χ1n) is 9.48. The molecule has 0 saturated carbocycles. The van der Waals surface area contributed by atoms with Crippen LogP contribution in [0.2, 0.25) is 0 Å². The van der Waals surface area contributed by atoms with E-state index >= 15 is 0 Å².